The van der Waals surface area contributed by atoms with Crippen molar-refractivity contribution in [1.29, 1.82) is 0 Å². The molecule has 2 aromatic heterocycles. The zero-order valence-electron chi connectivity index (χ0n) is 19.9. The number of carboxylic acids is 1. The van der Waals surface area contributed by atoms with Crippen molar-refractivity contribution in [3.63, 3.8) is 0 Å². The van der Waals surface area contributed by atoms with Crippen LogP contribution in [0.15, 0.2) is 35.0 Å². The molecule has 2 aliphatic carbocycles. The van der Waals surface area contributed by atoms with E-state index in [9.17, 15) is 9.90 Å². The van der Waals surface area contributed by atoms with Crippen LogP contribution in [-0.4, -0.2) is 40.4 Å². The normalized spacial score (nSPS) is 23.3. The molecular formula is C27H27Cl2N3O4. The van der Waals surface area contributed by atoms with Crippen LogP contribution < -0.4 is 4.90 Å². The van der Waals surface area contributed by atoms with Gasteiger partial charge in [0, 0.05) is 36.3 Å². The lowest BCUT2D eigenvalue weighted by molar-refractivity contribution is 0.0402. The molecule has 1 saturated heterocycles. The SMILES string of the molecule is Cc1cc(N2C[C@H]3C[C@H](OCc4c(-c5c(Cl)cccc5Cl)noc4C4CC4)C[C@H]3C2)ncc1C(=O)O. The first kappa shape index (κ1) is 23.8. The Morgan fingerprint density at radius 3 is 2.50 bits per heavy atom. The molecule has 6 rings (SSSR count). The summed E-state index contributed by atoms with van der Waals surface area (Å²) in [7, 11) is 0. The minimum Gasteiger partial charge on any atom is -0.478 e. The first-order valence-corrected chi connectivity index (χ1v) is 13.1. The van der Waals surface area contributed by atoms with Gasteiger partial charge < -0.3 is 19.3 Å². The number of anilines is 1. The summed E-state index contributed by atoms with van der Waals surface area (Å²) in [6.07, 6.45) is 5.80. The van der Waals surface area contributed by atoms with E-state index in [1.54, 1.807) is 0 Å². The number of benzene rings is 1. The minimum absolute atomic E-state index is 0.169. The number of aromatic nitrogens is 2. The fraction of sp³-hybridized carbons (Fsp3) is 0.444. The van der Waals surface area contributed by atoms with Gasteiger partial charge in [-0.3, -0.25) is 0 Å². The predicted molar refractivity (Wildman–Crippen MR) is 137 cm³/mol. The number of hydrogen-bond donors (Lipinski definition) is 1. The zero-order chi connectivity index (χ0) is 25.0. The molecule has 9 heteroatoms. The van der Waals surface area contributed by atoms with Gasteiger partial charge in [-0.1, -0.05) is 34.4 Å². The Morgan fingerprint density at radius 2 is 1.89 bits per heavy atom. The van der Waals surface area contributed by atoms with Crippen molar-refractivity contribution in [1.82, 2.24) is 10.1 Å². The number of rotatable bonds is 7. The van der Waals surface area contributed by atoms with Crippen LogP contribution in [0.5, 0.6) is 0 Å². The van der Waals surface area contributed by atoms with Gasteiger partial charge in [-0.15, -0.1) is 0 Å². The molecule has 0 spiro atoms. The lowest BCUT2D eigenvalue weighted by atomic mass is 10.0. The van der Waals surface area contributed by atoms with Gasteiger partial charge in [-0.05, 0) is 68.2 Å². The number of hydrogen-bond acceptors (Lipinski definition) is 6. The lowest BCUT2D eigenvalue weighted by Gasteiger charge is -2.21. The monoisotopic (exact) mass is 527 g/mol. The van der Waals surface area contributed by atoms with Crippen LogP contribution in [0.1, 0.15) is 58.8 Å². The fourth-order valence-electron chi connectivity index (χ4n) is 5.75. The molecule has 7 nitrogen and oxygen atoms in total. The quantitative estimate of drug-likeness (QED) is 0.382. The van der Waals surface area contributed by atoms with Crippen LogP contribution in [0.3, 0.4) is 0 Å². The highest BCUT2D eigenvalue weighted by atomic mass is 35.5. The summed E-state index contributed by atoms with van der Waals surface area (Å²) < 4.78 is 12.2. The Kier molecular flexibility index (Phi) is 6.18. The summed E-state index contributed by atoms with van der Waals surface area (Å²) in [4.78, 5) is 18.0. The van der Waals surface area contributed by atoms with Crippen LogP contribution >= 0.6 is 23.2 Å². The van der Waals surface area contributed by atoms with Gasteiger partial charge in [0.05, 0.1) is 28.3 Å². The number of nitrogens with zero attached hydrogens (tertiary/aromatic N) is 3. The van der Waals surface area contributed by atoms with E-state index in [0.717, 1.165) is 61.5 Å². The smallest absolute Gasteiger partial charge is 0.337 e. The Bertz CT molecular complexity index is 1290. The average molecular weight is 528 g/mol. The molecule has 1 N–H and O–H groups in total. The molecule has 3 atom stereocenters. The average Bonchev–Trinajstić information content (AvgIpc) is 3.30. The first-order valence-electron chi connectivity index (χ1n) is 12.4. The number of carboxylic acid groups (broad SMARTS) is 1. The summed E-state index contributed by atoms with van der Waals surface area (Å²) >= 11 is 13.0. The van der Waals surface area contributed by atoms with E-state index < -0.39 is 5.97 Å². The maximum absolute atomic E-state index is 11.3. The zero-order valence-corrected chi connectivity index (χ0v) is 21.4. The van der Waals surface area contributed by atoms with E-state index in [4.69, 9.17) is 32.5 Å². The van der Waals surface area contributed by atoms with Gasteiger partial charge >= 0.3 is 5.97 Å². The molecule has 2 saturated carbocycles. The molecular weight excluding hydrogens is 501 g/mol. The van der Waals surface area contributed by atoms with Crippen molar-refractivity contribution in [3.8, 4) is 11.3 Å². The third kappa shape index (κ3) is 4.38. The van der Waals surface area contributed by atoms with Gasteiger partial charge in [-0.2, -0.15) is 0 Å². The Morgan fingerprint density at radius 1 is 1.19 bits per heavy atom. The second kappa shape index (κ2) is 9.36. The molecule has 0 unspecified atom stereocenters. The lowest BCUT2D eigenvalue weighted by Crippen LogP contribution is -2.24. The Hall–Kier alpha value is -2.61. The largest absolute Gasteiger partial charge is 0.478 e. The maximum Gasteiger partial charge on any atom is 0.337 e. The van der Waals surface area contributed by atoms with Crippen LogP contribution in [0.2, 0.25) is 10.0 Å². The van der Waals surface area contributed by atoms with E-state index in [1.807, 2.05) is 31.2 Å². The fourth-order valence-corrected chi connectivity index (χ4v) is 6.33. The number of ether oxygens (including phenoxy) is 1. The van der Waals surface area contributed by atoms with E-state index in [1.165, 1.54) is 6.20 Å². The minimum atomic E-state index is -0.942. The topological polar surface area (TPSA) is 88.7 Å². The molecule has 3 heterocycles. The molecule has 0 radical (unpaired) electrons. The van der Waals surface area contributed by atoms with Crippen LogP contribution in [-0.2, 0) is 11.3 Å². The van der Waals surface area contributed by atoms with E-state index >= 15 is 0 Å². The van der Waals surface area contributed by atoms with Gasteiger partial charge in [0.2, 0.25) is 0 Å². The van der Waals surface area contributed by atoms with Gasteiger partial charge in [0.25, 0.3) is 0 Å². The van der Waals surface area contributed by atoms with Crippen LogP contribution in [0.25, 0.3) is 11.3 Å². The standard InChI is InChI=1S/C27H27Cl2N3O4/c1-14-7-23(30-10-19(14)27(33)34)32-11-16-8-18(9-17(16)12-32)35-13-20-25(31-36-26(20)15-5-6-15)24-21(28)3-2-4-22(24)29/h2-4,7,10,15-18H,5-6,8-9,11-13H2,1H3,(H,33,34)/t16-,17+,18+. The van der Waals surface area contributed by atoms with Crippen molar-refractivity contribution >= 4 is 35.0 Å². The number of aromatic carboxylic acids is 1. The molecule has 3 aliphatic rings. The van der Waals surface area contributed by atoms with Gasteiger partial charge in [0.1, 0.15) is 17.3 Å². The Balaban J connectivity index is 1.13. The third-order valence-corrected chi connectivity index (χ3v) is 8.42. The highest BCUT2D eigenvalue weighted by molar-refractivity contribution is 6.39. The van der Waals surface area contributed by atoms with Crippen molar-refractivity contribution in [2.75, 3.05) is 18.0 Å². The highest BCUT2D eigenvalue weighted by Crippen LogP contribution is 2.47. The molecule has 36 heavy (non-hydrogen) atoms. The maximum atomic E-state index is 11.3. The van der Waals surface area contributed by atoms with Crippen molar-refractivity contribution in [2.45, 2.75) is 51.2 Å². The molecule has 188 valence electrons. The molecule has 0 amide bonds. The second-order valence-corrected chi connectivity index (χ2v) is 11.1. The number of fused-ring (bicyclic) bond motifs is 1. The predicted octanol–water partition coefficient (Wildman–Crippen LogP) is 6.36. The van der Waals surface area contributed by atoms with E-state index in [0.29, 0.717) is 45.7 Å². The number of aryl methyl sites for hydroxylation is 1. The van der Waals surface area contributed by atoms with Crippen molar-refractivity contribution in [2.24, 2.45) is 11.8 Å². The van der Waals surface area contributed by atoms with Crippen molar-refractivity contribution in [3.05, 3.63) is 63.0 Å². The third-order valence-electron chi connectivity index (χ3n) is 7.79. The first-order chi connectivity index (χ1) is 17.4. The van der Waals surface area contributed by atoms with E-state index in [-0.39, 0.29) is 11.7 Å². The highest BCUT2D eigenvalue weighted by Gasteiger charge is 2.42. The van der Waals surface area contributed by atoms with Crippen LogP contribution in [0, 0.1) is 18.8 Å². The second-order valence-electron chi connectivity index (χ2n) is 10.2. The molecule has 1 aromatic carbocycles. The summed E-state index contributed by atoms with van der Waals surface area (Å²) in [6.45, 7) is 4.06. The molecule has 0 bridgehead atoms. The molecule has 3 aromatic rings. The van der Waals surface area contributed by atoms with Gasteiger partial charge in [0.15, 0.2) is 0 Å². The number of halogens is 2. The van der Waals surface area contributed by atoms with Crippen molar-refractivity contribution < 1.29 is 19.2 Å². The molecule has 3 fully saturated rings. The summed E-state index contributed by atoms with van der Waals surface area (Å²) in [5.74, 6) is 2.26. The summed E-state index contributed by atoms with van der Waals surface area (Å²) in [5.41, 5.74) is 3.34. The Labute approximate surface area is 219 Å². The van der Waals surface area contributed by atoms with Crippen LogP contribution in [0.4, 0.5) is 5.82 Å². The van der Waals surface area contributed by atoms with E-state index in [2.05, 4.69) is 15.0 Å². The summed E-state index contributed by atoms with van der Waals surface area (Å²) in [6, 6.07) is 7.33. The number of pyridine rings is 1. The molecule has 1 aliphatic heterocycles. The summed E-state index contributed by atoms with van der Waals surface area (Å²) in [5, 5.41) is 14.7. The number of carbonyl (C=O) groups is 1. The van der Waals surface area contributed by atoms with Gasteiger partial charge in [-0.25, -0.2) is 9.78 Å².